The van der Waals surface area contributed by atoms with Gasteiger partial charge < -0.3 is 15.0 Å². The molecule has 0 bridgehead atoms. The molecule has 5 nitrogen and oxygen atoms in total. The Kier molecular flexibility index (Phi) is 4.02. The van der Waals surface area contributed by atoms with E-state index in [2.05, 4.69) is 10.1 Å². The molecule has 1 aliphatic rings. The van der Waals surface area contributed by atoms with E-state index < -0.39 is 0 Å². The molecule has 0 aromatic carbocycles. The van der Waals surface area contributed by atoms with Gasteiger partial charge in [-0.3, -0.25) is 0 Å². The zero-order valence-electron chi connectivity index (χ0n) is 11.5. The fourth-order valence-corrected chi connectivity index (χ4v) is 2.47. The fraction of sp³-hybridized carbons (Fsp3) is 0.846. The first-order valence-corrected chi connectivity index (χ1v) is 6.74. The first-order chi connectivity index (χ1) is 8.59. The molecular formula is C13H23N3O2. The smallest absolute Gasteiger partial charge is 0.231 e. The average molecular weight is 253 g/mol. The summed E-state index contributed by atoms with van der Waals surface area (Å²) in [5.41, 5.74) is 5.51. The number of nitrogens with zero attached hydrogens (tertiary/aromatic N) is 2. The Morgan fingerprint density at radius 1 is 1.28 bits per heavy atom. The number of methoxy groups -OCH3 is 1. The van der Waals surface area contributed by atoms with Crippen molar-refractivity contribution in [3.63, 3.8) is 0 Å². The van der Waals surface area contributed by atoms with Crippen molar-refractivity contribution in [3.8, 4) is 0 Å². The van der Waals surface area contributed by atoms with Gasteiger partial charge in [-0.15, -0.1) is 0 Å². The van der Waals surface area contributed by atoms with Gasteiger partial charge in [0.1, 0.15) is 5.60 Å². The number of aromatic nitrogens is 2. The van der Waals surface area contributed by atoms with E-state index in [0.717, 1.165) is 25.7 Å². The third-order valence-corrected chi connectivity index (χ3v) is 4.08. The fourth-order valence-electron chi connectivity index (χ4n) is 2.47. The van der Waals surface area contributed by atoms with Crippen molar-refractivity contribution < 1.29 is 9.26 Å². The van der Waals surface area contributed by atoms with Gasteiger partial charge in [0.25, 0.3) is 0 Å². The lowest BCUT2D eigenvalue weighted by Gasteiger charge is -2.32. The molecule has 1 fully saturated rings. The van der Waals surface area contributed by atoms with Crippen LogP contribution in [0.2, 0.25) is 0 Å². The van der Waals surface area contributed by atoms with Crippen molar-refractivity contribution in [1.29, 1.82) is 0 Å². The van der Waals surface area contributed by atoms with E-state index in [1.807, 2.05) is 13.8 Å². The van der Waals surface area contributed by atoms with Crippen molar-refractivity contribution in [1.82, 2.24) is 10.1 Å². The second-order valence-electron chi connectivity index (χ2n) is 5.36. The van der Waals surface area contributed by atoms with E-state index >= 15 is 0 Å². The minimum absolute atomic E-state index is 0.00292. The Bertz CT molecular complexity index is 383. The predicted octanol–water partition coefficient (Wildman–Crippen LogP) is 2.33. The predicted molar refractivity (Wildman–Crippen MR) is 68.1 cm³/mol. The van der Waals surface area contributed by atoms with Gasteiger partial charge in [-0.05, 0) is 19.8 Å². The molecule has 1 aromatic rings. The number of nitrogens with two attached hydrogens (primary N) is 1. The van der Waals surface area contributed by atoms with Crippen LogP contribution in [0, 0.1) is 0 Å². The van der Waals surface area contributed by atoms with E-state index in [1.165, 1.54) is 6.42 Å². The van der Waals surface area contributed by atoms with Crippen LogP contribution in [0.4, 0.5) is 0 Å². The van der Waals surface area contributed by atoms with Crippen LogP contribution in [-0.2, 0) is 10.3 Å². The molecule has 5 heteroatoms. The monoisotopic (exact) mass is 253 g/mol. The van der Waals surface area contributed by atoms with E-state index in [4.69, 9.17) is 15.0 Å². The molecule has 0 radical (unpaired) electrons. The minimum atomic E-state index is -0.350. The normalized spacial score (nSPS) is 22.7. The molecule has 1 aliphatic carbocycles. The summed E-state index contributed by atoms with van der Waals surface area (Å²) in [7, 11) is 1.73. The van der Waals surface area contributed by atoms with Crippen LogP contribution in [0.25, 0.3) is 0 Å². The van der Waals surface area contributed by atoms with Gasteiger partial charge in [0, 0.05) is 13.2 Å². The molecule has 1 heterocycles. The van der Waals surface area contributed by atoms with Crippen LogP contribution in [0.3, 0.4) is 0 Å². The Balaban J connectivity index is 2.22. The molecule has 102 valence electrons. The molecule has 2 atom stereocenters. The van der Waals surface area contributed by atoms with Gasteiger partial charge in [0.15, 0.2) is 0 Å². The van der Waals surface area contributed by atoms with Gasteiger partial charge in [0.2, 0.25) is 11.7 Å². The molecule has 0 amide bonds. The van der Waals surface area contributed by atoms with Crippen LogP contribution in [0.1, 0.15) is 63.6 Å². The summed E-state index contributed by atoms with van der Waals surface area (Å²) in [6.45, 7) is 3.95. The SMILES string of the molecule is COC1(c2noc(C(C)C(C)N)n2)CCCCC1. The van der Waals surface area contributed by atoms with Gasteiger partial charge in [-0.2, -0.15) is 4.98 Å². The highest BCUT2D eigenvalue weighted by Gasteiger charge is 2.39. The van der Waals surface area contributed by atoms with Crippen LogP contribution >= 0.6 is 0 Å². The first-order valence-electron chi connectivity index (χ1n) is 6.74. The Morgan fingerprint density at radius 2 is 1.94 bits per heavy atom. The zero-order chi connectivity index (χ0) is 13.2. The Morgan fingerprint density at radius 3 is 2.50 bits per heavy atom. The molecule has 2 N–H and O–H groups in total. The largest absolute Gasteiger partial charge is 0.370 e. The van der Waals surface area contributed by atoms with Crippen molar-refractivity contribution in [3.05, 3.63) is 11.7 Å². The standard InChI is InChI=1S/C13H23N3O2/c1-9(10(2)14)11-15-12(16-18-11)13(17-3)7-5-4-6-8-13/h9-10H,4-8,14H2,1-3H3. The van der Waals surface area contributed by atoms with Crippen molar-refractivity contribution in [2.45, 2.75) is 63.5 Å². The maximum absolute atomic E-state index is 5.86. The molecule has 18 heavy (non-hydrogen) atoms. The Labute approximate surface area is 108 Å². The summed E-state index contributed by atoms with van der Waals surface area (Å²) in [5, 5.41) is 4.12. The average Bonchev–Trinajstić information content (AvgIpc) is 2.88. The van der Waals surface area contributed by atoms with Gasteiger partial charge in [-0.1, -0.05) is 31.3 Å². The molecule has 0 aliphatic heterocycles. The van der Waals surface area contributed by atoms with Gasteiger partial charge in [0.05, 0.1) is 5.92 Å². The summed E-state index contributed by atoms with van der Waals surface area (Å²) < 4.78 is 11.0. The van der Waals surface area contributed by atoms with E-state index in [1.54, 1.807) is 7.11 Å². The molecule has 1 aromatic heterocycles. The number of ether oxygens (including phenoxy) is 1. The summed E-state index contributed by atoms with van der Waals surface area (Å²) in [6.07, 6.45) is 5.50. The molecule has 1 saturated carbocycles. The topological polar surface area (TPSA) is 74.2 Å². The molecule has 2 rings (SSSR count). The molecule has 2 unspecified atom stereocenters. The number of hydrogen-bond donors (Lipinski definition) is 1. The molecular weight excluding hydrogens is 230 g/mol. The molecule has 0 saturated heterocycles. The summed E-state index contributed by atoms with van der Waals surface area (Å²) in [4.78, 5) is 4.52. The lowest BCUT2D eigenvalue weighted by Crippen LogP contribution is -2.32. The number of hydrogen-bond acceptors (Lipinski definition) is 5. The second-order valence-corrected chi connectivity index (χ2v) is 5.36. The van der Waals surface area contributed by atoms with Crippen LogP contribution in [0.5, 0.6) is 0 Å². The van der Waals surface area contributed by atoms with E-state index in [-0.39, 0.29) is 17.6 Å². The maximum Gasteiger partial charge on any atom is 0.231 e. The van der Waals surface area contributed by atoms with Crippen LogP contribution < -0.4 is 5.73 Å². The second kappa shape index (κ2) is 5.36. The highest BCUT2D eigenvalue weighted by molar-refractivity contribution is 5.05. The van der Waals surface area contributed by atoms with Gasteiger partial charge >= 0.3 is 0 Å². The highest BCUT2D eigenvalue weighted by atomic mass is 16.5. The van der Waals surface area contributed by atoms with E-state index in [0.29, 0.717) is 11.7 Å². The minimum Gasteiger partial charge on any atom is -0.370 e. The first kappa shape index (κ1) is 13.5. The van der Waals surface area contributed by atoms with E-state index in [9.17, 15) is 0 Å². The van der Waals surface area contributed by atoms with Crippen molar-refractivity contribution in [2.24, 2.45) is 5.73 Å². The third-order valence-electron chi connectivity index (χ3n) is 4.08. The zero-order valence-corrected chi connectivity index (χ0v) is 11.5. The van der Waals surface area contributed by atoms with Crippen molar-refractivity contribution >= 4 is 0 Å². The van der Waals surface area contributed by atoms with Crippen molar-refractivity contribution in [2.75, 3.05) is 7.11 Å². The third kappa shape index (κ3) is 2.42. The summed E-state index contributed by atoms with van der Waals surface area (Å²) in [6, 6.07) is 0.00292. The lowest BCUT2D eigenvalue weighted by molar-refractivity contribution is -0.0527. The molecule has 0 spiro atoms. The quantitative estimate of drug-likeness (QED) is 0.891. The summed E-state index contributed by atoms with van der Waals surface area (Å²) >= 11 is 0. The summed E-state index contributed by atoms with van der Waals surface area (Å²) in [5.74, 6) is 1.37. The highest BCUT2D eigenvalue weighted by Crippen LogP contribution is 2.38. The lowest BCUT2D eigenvalue weighted by atomic mass is 9.84. The Hall–Kier alpha value is -0.940. The number of rotatable bonds is 4. The van der Waals surface area contributed by atoms with Crippen LogP contribution in [0.15, 0.2) is 4.52 Å². The van der Waals surface area contributed by atoms with Gasteiger partial charge in [-0.25, -0.2) is 0 Å². The van der Waals surface area contributed by atoms with Crippen LogP contribution in [-0.4, -0.2) is 23.3 Å². The maximum atomic E-state index is 5.86.